The molecule has 1 fully saturated rings. The van der Waals surface area contributed by atoms with Gasteiger partial charge in [0.25, 0.3) is 0 Å². The molecule has 1 saturated heterocycles. The maximum Gasteiger partial charge on any atom is 0.244 e. The Kier molecular flexibility index (Phi) is 6.72. The highest BCUT2D eigenvalue weighted by Gasteiger charge is 2.30. The molecule has 0 aromatic heterocycles. The number of rotatable bonds is 6. The van der Waals surface area contributed by atoms with E-state index in [-0.39, 0.29) is 22.4 Å². The fourth-order valence-electron chi connectivity index (χ4n) is 3.15. The van der Waals surface area contributed by atoms with Crippen molar-refractivity contribution in [3.8, 4) is 0 Å². The van der Waals surface area contributed by atoms with Gasteiger partial charge in [-0.15, -0.1) is 0 Å². The number of nitrogens with one attached hydrogen (secondary N) is 1. The lowest BCUT2D eigenvalue weighted by molar-refractivity contribution is -0.117. The molecule has 0 aliphatic carbocycles. The summed E-state index contributed by atoms with van der Waals surface area (Å²) in [6.45, 7) is 3.95. The van der Waals surface area contributed by atoms with E-state index in [9.17, 15) is 13.2 Å². The van der Waals surface area contributed by atoms with E-state index in [0.29, 0.717) is 26.2 Å². The second-order valence-electron chi connectivity index (χ2n) is 6.71. The van der Waals surface area contributed by atoms with Gasteiger partial charge < -0.3 is 5.32 Å². The van der Waals surface area contributed by atoms with Gasteiger partial charge in [0, 0.05) is 31.9 Å². The third-order valence-electron chi connectivity index (χ3n) is 4.80. The van der Waals surface area contributed by atoms with Crippen LogP contribution in [-0.4, -0.2) is 56.3 Å². The number of carbonyl (C=O) groups excluding carboxylic acids is 1. The van der Waals surface area contributed by atoms with Crippen LogP contribution in [0.4, 0.5) is 5.69 Å². The first kappa shape index (κ1) is 20.8. The van der Waals surface area contributed by atoms with Crippen LogP contribution in [0.25, 0.3) is 0 Å². The Morgan fingerprint density at radius 2 is 1.68 bits per heavy atom. The summed E-state index contributed by atoms with van der Waals surface area (Å²) < 4.78 is 27.0. The van der Waals surface area contributed by atoms with Crippen molar-refractivity contribution >= 4 is 33.2 Å². The van der Waals surface area contributed by atoms with Gasteiger partial charge in [-0.3, -0.25) is 9.69 Å². The highest BCUT2D eigenvalue weighted by molar-refractivity contribution is 7.89. The van der Waals surface area contributed by atoms with Gasteiger partial charge in [0.2, 0.25) is 15.9 Å². The average molecular weight is 422 g/mol. The summed E-state index contributed by atoms with van der Waals surface area (Å²) >= 11 is 6.05. The molecule has 0 radical (unpaired) electrons. The van der Waals surface area contributed by atoms with Crippen LogP contribution in [0.1, 0.15) is 12.5 Å². The number of amides is 1. The van der Waals surface area contributed by atoms with E-state index < -0.39 is 10.0 Å². The number of carbonyl (C=O) groups is 1. The maximum atomic E-state index is 12.8. The summed E-state index contributed by atoms with van der Waals surface area (Å²) in [7, 11) is -3.63. The number of hydrogen-bond acceptors (Lipinski definition) is 4. The van der Waals surface area contributed by atoms with E-state index >= 15 is 0 Å². The van der Waals surface area contributed by atoms with Crippen LogP contribution in [0.2, 0.25) is 5.02 Å². The number of hydrogen-bond donors (Lipinski definition) is 1. The van der Waals surface area contributed by atoms with Gasteiger partial charge in [0.15, 0.2) is 0 Å². The summed E-state index contributed by atoms with van der Waals surface area (Å²) in [5, 5.41) is 3.11. The number of piperazine rings is 1. The molecule has 0 bridgehead atoms. The van der Waals surface area contributed by atoms with E-state index in [0.717, 1.165) is 12.1 Å². The number of nitrogens with zero attached hydrogens (tertiary/aromatic N) is 2. The van der Waals surface area contributed by atoms with Gasteiger partial charge in [0.1, 0.15) is 4.90 Å². The van der Waals surface area contributed by atoms with Crippen molar-refractivity contribution in [2.45, 2.75) is 18.2 Å². The lowest BCUT2D eigenvalue weighted by Crippen LogP contribution is -2.50. The molecule has 1 aliphatic heterocycles. The van der Waals surface area contributed by atoms with Crippen LogP contribution in [0, 0.1) is 0 Å². The summed E-state index contributed by atoms with van der Waals surface area (Å²) in [6, 6.07) is 14.2. The predicted molar refractivity (Wildman–Crippen MR) is 111 cm³/mol. The average Bonchev–Trinajstić information content (AvgIpc) is 2.69. The highest BCUT2D eigenvalue weighted by atomic mass is 35.5. The Morgan fingerprint density at radius 3 is 2.29 bits per heavy atom. The summed E-state index contributed by atoms with van der Waals surface area (Å²) in [4.78, 5) is 14.4. The second-order valence-corrected chi connectivity index (χ2v) is 9.02. The van der Waals surface area contributed by atoms with Crippen LogP contribution in [0.15, 0.2) is 53.4 Å². The van der Waals surface area contributed by atoms with E-state index in [1.807, 2.05) is 29.2 Å². The van der Waals surface area contributed by atoms with Crippen molar-refractivity contribution in [3.05, 3.63) is 59.1 Å². The standard InChI is InChI=1S/C20H24ClN3O3S/c1-2-16-7-9-17(10-8-16)22-20(25)15-23-11-13-24(14-12-23)28(26,27)19-6-4-3-5-18(19)21/h3-10H,2,11-15H2,1H3,(H,22,25). The Hall–Kier alpha value is -1.93. The highest BCUT2D eigenvalue weighted by Crippen LogP contribution is 2.25. The minimum atomic E-state index is -3.63. The van der Waals surface area contributed by atoms with E-state index in [1.54, 1.807) is 18.2 Å². The van der Waals surface area contributed by atoms with E-state index in [4.69, 9.17) is 11.6 Å². The molecule has 2 aromatic carbocycles. The van der Waals surface area contributed by atoms with Crippen LogP contribution >= 0.6 is 11.6 Å². The first-order chi connectivity index (χ1) is 13.4. The lowest BCUT2D eigenvalue weighted by Gasteiger charge is -2.33. The molecule has 1 N–H and O–H groups in total. The molecule has 1 heterocycles. The fraction of sp³-hybridized carbons (Fsp3) is 0.350. The fourth-order valence-corrected chi connectivity index (χ4v) is 5.06. The molecule has 8 heteroatoms. The monoisotopic (exact) mass is 421 g/mol. The van der Waals surface area contributed by atoms with Gasteiger partial charge in [-0.1, -0.05) is 42.8 Å². The van der Waals surface area contributed by atoms with Crippen molar-refractivity contribution in [1.29, 1.82) is 0 Å². The normalized spacial score (nSPS) is 16.1. The zero-order valence-electron chi connectivity index (χ0n) is 15.8. The van der Waals surface area contributed by atoms with Crippen LogP contribution in [0.5, 0.6) is 0 Å². The predicted octanol–water partition coefficient (Wildman–Crippen LogP) is 2.85. The number of benzene rings is 2. The maximum absolute atomic E-state index is 12.8. The molecule has 3 rings (SSSR count). The zero-order chi connectivity index (χ0) is 20.1. The molecule has 0 unspecified atom stereocenters. The molecule has 0 atom stereocenters. The molecule has 2 aromatic rings. The van der Waals surface area contributed by atoms with Gasteiger partial charge in [-0.2, -0.15) is 4.31 Å². The zero-order valence-corrected chi connectivity index (χ0v) is 17.3. The van der Waals surface area contributed by atoms with Gasteiger partial charge in [-0.25, -0.2) is 8.42 Å². The molecule has 1 amide bonds. The molecule has 150 valence electrons. The minimum Gasteiger partial charge on any atom is -0.325 e. The smallest absolute Gasteiger partial charge is 0.244 e. The van der Waals surface area contributed by atoms with Crippen molar-refractivity contribution in [3.63, 3.8) is 0 Å². The van der Waals surface area contributed by atoms with Crippen LogP contribution in [0.3, 0.4) is 0 Å². The third kappa shape index (κ3) is 4.91. The number of anilines is 1. The second kappa shape index (κ2) is 9.05. The molecular formula is C20H24ClN3O3S. The van der Waals surface area contributed by atoms with Crippen molar-refractivity contribution in [2.75, 3.05) is 38.0 Å². The van der Waals surface area contributed by atoms with Crippen LogP contribution < -0.4 is 5.32 Å². The SMILES string of the molecule is CCc1ccc(NC(=O)CN2CCN(S(=O)(=O)c3ccccc3Cl)CC2)cc1. The molecule has 1 aliphatic rings. The number of aryl methyl sites for hydroxylation is 1. The molecule has 28 heavy (non-hydrogen) atoms. The molecular weight excluding hydrogens is 398 g/mol. The molecule has 6 nitrogen and oxygen atoms in total. The lowest BCUT2D eigenvalue weighted by atomic mass is 10.1. The van der Waals surface area contributed by atoms with Crippen molar-refractivity contribution < 1.29 is 13.2 Å². The minimum absolute atomic E-state index is 0.105. The Labute approximate surface area is 171 Å². The van der Waals surface area contributed by atoms with E-state index in [1.165, 1.54) is 15.9 Å². The topological polar surface area (TPSA) is 69.7 Å². The third-order valence-corrected chi connectivity index (χ3v) is 7.20. The summed E-state index contributed by atoms with van der Waals surface area (Å²) in [6.07, 6.45) is 0.954. The Morgan fingerprint density at radius 1 is 1.04 bits per heavy atom. The van der Waals surface area contributed by atoms with Crippen molar-refractivity contribution in [1.82, 2.24) is 9.21 Å². The molecule has 0 spiro atoms. The van der Waals surface area contributed by atoms with Crippen molar-refractivity contribution in [2.24, 2.45) is 0 Å². The first-order valence-electron chi connectivity index (χ1n) is 9.26. The molecule has 0 saturated carbocycles. The van der Waals surface area contributed by atoms with E-state index in [2.05, 4.69) is 12.2 Å². The Balaban J connectivity index is 1.53. The van der Waals surface area contributed by atoms with Crippen LogP contribution in [-0.2, 0) is 21.2 Å². The Bertz CT molecular complexity index is 924. The van der Waals surface area contributed by atoms with Gasteiger partial charge in [0.05, 0.1) is 11.6 Å². The summed E-state index contributed by atoms with van der Waals surface area (Å²) in [5.74, 6) is -0.105. The number of sulfonamides is 1. The van der Waals surface area contributed by atoms with Gasteiger partial charge >= 0.3 is 0 Å². The van der Waals surface area contributed by atoms with Gasteiger partial charge in [-0.05, 0) is 36.2 Å². The number of halogens is 1. The quantitative estimate of drug-likeness (QED) is 0.778. The summed E-state index contributed by atoms with van der Waals surface area (Å²) in [5.41, 5.74) is 1.98. The first-order valence-corrected chi connectivity index (χ1v) is 11.1. The largest absolute Gasteiger partial charge is 0.325 e.